The van der Waals surface area contributed by atoms with Crippen LogP contribution in [0.25, 0.3) is 0 Å². The highest BCUT2D eigenvalue weighted by Gasteiger charge is 2.48. The fourth-order valence-corrected chi connectivity index (χ4v) is 5.37. The number of para-hydroxylation sites is 1. The first kappa shape index (κ1) is 24.7. The summed E-state index contributed by atoms with van der Waals surface area (Å²) in [6, 6.07) is 8.95. The molecule has 3 aromatic rings. The van der Waals surface area contributed by atoms with E-state index in [9.17, 15) is 18.0 Å². The van der Waals surface area contributed by atoms with Crippen LogP contribution in [0, 0.1) is 0 Å². The van der Waals surface area contributed by atoms with Crippen molar-refractivity contribution in [3.8, 4) is 0 Å². The smallest absolute Gasteiger partial charge is 0.338 e. The Kier molecular flexibility index (Phi) is 6.58. The summed E-state index contributed by atoms with van der Waals surface area (Å²) in [5, 5.41) is 2.45. The Morgan fingerprint density at radius 1 is 1.20 bits per heavy atom. The number of amides is 2. The molecule has 1 aliphatic rings. The molecule has 0 saturated carbocycles. The van der Waals surface area contributed by atoms with Gasteiger partial charge >= 0.3 is 12.0 Å². The van der Waals surface area contributed by atoms with E-state index in [1.165, 1.54) is 12.3 Å². The first-order valence-electron chi connectivity index (χ1n) is 10.9. The Labute approximate surface area is 207 Å². The maximum absolute atomic E-state index is 12.9. The van der Waals surface area contributed by atoms with Crippen molar-refractivity contribution in [3.63, 3.8) is 0 Å². The van der Waals surface area contributed by atoms with Crippen LogP contribution in [-0.4, -0.2) is 47.5 Å². The molecule has 12 heteroatoms. The van der Waals surface area contributed by atoms with E-state index in [1.807, 2.05) is 0 Å². The topological polar surface area (TPSA) is 145 Å². The maximum atomic E-state index is 12.9. The zero-order chi connectivity index (χ0) is 25.4. The van der Waals surface area contributed by atoms with Gasteiger partial charge in [0.2, 0.25) is 5.82 Å². The molecule has 3 heterocycles. The zero-order valence-corrected chi connectivity index (χ0v) is 20.7. The van der Waals surface area contributed by atoms with Crippen LogP contribution in [0.1, 0.15) is 36.3 Å². The molecule has 35 heavy (non-hydrogen) atoms. The summed E-state index contributed by atoms with van der Waals surface area (Å²) < 4.78 is 25.1. The summed E-state index contributed by atoms with van der Waals surface area (Å²) in [5.41, 5.74) is 7.06. The van der Waals surface area contributed by atoms with Crippen LogP contribution in [0.5, 0.6) is 0 Å². The number of pyridine rings is 1. The van der Waals surface area contributed by atoms with Crippen LogP contribution in [0.3, 0.4) is 0 Å². The van der Waals surface area contributed by atoms with E-state index < -0.39 is 25.6 Å². The van der Waals surface area contributed by atoms with Crippen molar-refractivity contribution in [2.75, 3.05) is 11.9 Å². The van der Waals surface area contributed by atoms with Crippen molar-refractivity contribution in [2.24, 2.45) is 5.73 Å². The number of nitrogens with two attached hydrogens (primary N) is 1. The average molecular weight is 516 g/mol. The Morgan fingerprint density at radius 3 is 2.63 bits per heavy atom. The van der Waals surface area contributed by atoms with Crippen LogP contribution in [0.4, 0.5) is 28.1 Å². The molecule has 182 valence electrons. The summed E-state index contributed by atoms with van der Waals surface area (Å²) in [5.74, 6) is 0.384. The first-order valence-corrected chi connectivity index (χ1v) is 12.8. The number of halogens is 1. The highest BCUT2D eigenvalue weighted by Crippen LogP contribution is 2.39. The third-order valence-corrected chi connectivity index (χ3v) is 8.40. The lowest BCUT2D eigenvalue weighted by Crippen LogP contribution is -2.57. The van der Waals surface area contributed by atoms with Gasteiger partial charge in [0, 0.05) is 12.0 Å². The van der Waals surface area contributed by atoms with Crippen LogP contribution in [0.2, 0.25) is 5.02 Å². The fourth-order valence-electron chi connectivity index (χ4n) is 4.03. The number of sulfone groups is 1. The van der Waals surface area contributed by atoms with E-state index >= 15 is 0 Å². The molecule has 0 aliphatic carbocycles. The number of aldehydes is 1. The number of carbonyl (C=O) groups is 2. The molecular weight excluding hydrogens is 492 g/mol. The Hall–Kier alpha value is -3.41. The van der Waals surface area contributed by atoms with Crippen molar-refractivity contribution < 1.29 is 18.0 Å². The maximum Gasteiger partial charge on any atom is 0.428 e. The number of benzene rings is 1. The number of anilines is 2. The minimum Gasteiger partial charge on any atom is -0.338 e. The molecule has 1 atom stereocenters. The molecular formula is C23H24ClN6O4S+. The molecule has 0 bridgehead atoms. The van der Waals surface area contributed by atoms with E-state index in [2.05, 4.69) is 20.3 Å². The Bertz CT molecular complexity index is 1430. The second-order valence-corrected chi connectivity index (χ2v) is 11.3. The third kappa shape index (κ3) is 4.26. The van der Waals surface area contributed by atoms with Gasteiger partial charge in [0.25, 0.3) is 0 Å². The number of hydrogen-bond donors (Lipinski definition) is 2. The number of nitrogens with one attached hydrogen (secondary N) is 1. The van der Waals surface area contributed by atoms with Crippen LogP contribution >= 0.6 is 11.6 Å². The van der Waals surface area contributed by atoms with Gasteiger partial charge in [-0.3, -0.25) is 4.79 Å². The number of nitrogens with zero attached hydrogens (tertiary/aromatic N) is 4. The van der Waals surface area contributed by atoms with Crippen molar-refractivity contribution in [1.29, 1.82) is 0 Å². The normalized spacial score (nSPS) is 17.6. The van der Waals surface area contributed by atoms with E-state index in [0.29, 0.717) is 19.1 Å². The van der Waals surface area contributed by atoms with Crippen molar-refractivity contribution in [1.82, 2.24) is 19.4 Å². The van der Waals surface area contributed by atoms with Crippen molar-refractivity contribution >= 4 is 57.0 Å². The third-order valence-electron chi connectivity index (χ3n) is 5.92. The number of rotatable bonds is 6. The van der Waals surface area contributed by atoms with Crippen LogP contribution < -0.4 is 15.5 Å². The molecule has 1 unspecified atom stereocenters. The fraction of sp³-hybridized carbons (Fsp3) is 0.261. The van der Waals surface area contributed by atoms with Gasteiger partial charge < -0.3 is 11.1 Å². The average Bonchev–Trinajstić information content (AvgIpc) is 2.84. The number of quaternary nitrogens is 1. The summed E-state index contributed by atoms with van der Waals surface area (Å²) in [7, 11) is -3.61. The van der Waals surface area contributed by atoms with Gasteiger partial charge in [-0.05, 0) is 44.5 Å². The van der Waals surface area contributed by atoms with E-state index in [-0.39, 0.29) is 45.4 Å². The monoisotopic (exact) mass is 515 g/mol. The molecule has 0 spiro atoms. The minimum absolute atomic E-state index is 0.00472. The molecule has 4 rings (SSSR count). The molecule has 1 aromatic carbocycles. The highest BCUT2D eigenvalue weighted by atomic mass is 35.5. The number of carbonyl (C=O) groups excluding carboxylic acids is 2. The molecule has 0 fully saturated rings. The molecule has 0 saturated heterocycles. The molecule has 1 aliphatic heterocycles. The van der Waals surface area contributed by atoms with E-state index in [0.717, 1.165) is 5.56 Å². The summed E-state index contributed by atoms with van der Waals surface area (Å²) >= 11 is 6.37. The van der Waals surface area contributed by atoms with Gasteiger partial charge in [-0.1, -0.05) is 23.7 Å². The number of primary amides is 1. The number of aryl methyl sites for hydroxylation is 1. The van der Waals surface area contributed by atoms with Gasteiger partial charge in [0.1, 0.15) is 17.3 Å². The predicted octanol–water partition coefficient (Wildman–Crippen LogP) is 3.93. The van der Waals surface area contributed by atoms with Gasteiger partial charge in [0.15, 0.2) is 21.9 Å². The lowest BCUT2D eigenvalue weighted by molar-refractivity contribution is 0.111. The standard InChI is InChI=1S/C23H23ClN6O4S/c1-14(2)35(33,34)19-8-4-3-7-18(19)28-20-17(24)12-26-23(29-20)30(22(25)32)11-5-6-15-9-10-16(13-31)27-21(15)30/h3-4,7-10,12-14H,5-6,11H2,1-2H3,(H2-,25,26,28,29,32)/p+1. The van der Waals surface area contributed by atoms with Crippen molar-refractivity contribution in [2.45, 2.75) is 36.8 Å². The molecule has 10 nitrogen and oxygen atoms in total. The Morgan fingerprint density at radius 2 is 1.94 bits per heavy atom. The van der Waals surface area contributed by atoms with E-state index in [1.54, 1.807) is 44.2 Å². The lowest BCUT2D eigenvalue weighted by Gasteiger charge is -2.34. The van der Waals surface area contributed by atoms with Gasteiger partial charge in [0.05, 0.1) is 22.0 Å². The van der Waals surface area contributed by atoms with Crippen molar-refractivity contribution in [3.05, 3.63) is 58.9 Å². The molecule has 2 amide bonds. The number of aromatic nitrogens is 3. The van der Waals surface area contributed by atoms with E-state index in [4.69, 9.17) is 17.3 Å². The van der Waals surface area contributed by atoms with Gasteiger partial charge in [-0.2, -0.15) is 15.0 Å². The summed E-state index contributed by atoms with van der Waals surface area (Å²) in [4.78, 5) is 37.5. The Balaban J connectivity index is 1.86. The van der Waals surface area contributed by atoms with Crippen LogP contribution in [0.15, 0.2) is 47.5 Å². The van der Waals surface area contributed by atoms with Gasteiger partial charge in [-0.25, -0.2) is 13.2 Å². The predicted molar refractivity (Wildman–Crippen MR) is 133 cm³/mol. The summed E-state index contributed by atoms with van der Waals surface area (Å²) in [6.45, 7) is 3.42. The number of hydrogen-bond acceptors (Lipinski definition) is 8. The second-order valence-electron chi connectivity index (χ2n) is 8.39. The summed E-state index contributed by atoms with van der Waals surface area (Å²) in [6.07, 6.45) is 3.15. The molecule has 0 radical (unpaired) electrons. The molecule has 3 N–H and O–H groups in total. The molecule has 2 aromatic heterocycles. The zero-order valence-electron chi connectivity index (χ0n) is 19.1. The SMILES string of the molecule is CC(C)S(=O)(=O)c1ccccc1Nc1nc([N+]2(C(N)=O)CCCc3ccc(C=O)nc32)ncc1Cl. The highest BCUT2D eigenvalue weighted by molar-refractivity contribution is 7.92. The largest absolute Gasteiger partial charge is 0.428 e. The van der Waals surface area contributed by atoms with Crippen LogP contribution in [-0.2, 0) is 16.3 Å². The minimum atomic E-state index is -3.61. The first-order chi connectivity index (χ1) is 16.6. The number of fused-ring (bicyclic) bond motifs is 1. The number of urea groups is 1. The second kappa shape index (κ2) is 9.33. The quantitative estimate of drug-likeness (QED) is 0.371. The lowest BCUT2D eigenvalue weighted by atomic mass is 10.0. The van der Waals surface area contributed by atoms with Gasteiger partial charge in [-0.15, -0.1) is 4.48 Å².